The van der Waals surface area contributed by atoms with E-state index in [1.54, 1.807) is 12.1 Å². The predicted octanol–water partition coefficient (Wildman–Crippen LogP) is 5.33. The van der Waals surface area contributed by atoms with Crippen molar-refractivity contribution in [2.24, 2.45) is 0 Å². The minimum absolute atomic E-state index is 0.514. The predicted molar refractivity (Wildman–Crippen MR) is 74.2 cm³/mol. The lowest BCUT2D eigenvalue weighted by atomic mass is 10.1. The molecule has 0 aliphatic carbocycles. The molecule has 0 unspecified atom stereocenters. The molecule has 0 fully saturated rings. The van der Waals surface area contributed by atoms with Crippen LogP contribution in [0, 0.1) is 13.8 Å². The number of aryl methyl sites for hydroxylation is 2. The quantitative estimate of drug-likeness (QED) is 0.691. The molecule has 1 nitrogen and oxygen atoms in total. The van der Waals surface area contributed by atoms with E-state index in [1.165, 1.54) is 0 Å². The van der Waals surface area contributed by atoms with Gasteiger partial charge in [-0.2, -0.15) is 0 Å². The molecule has 0 aliphatic heterocycles. The van der Waals surface area contributed by atoms with Crippen LogP contribution in [0.4, 0.5) is 0 Å². The lowest BCUT2D eigenvalue weighted by Crippen LogP contribution is -1.91. The van der Waals surface area contributed by atoms with Crippen LogP contribution in [-0.4, -0.2) is 4.98 Å². The normalized spacial score (nSPS) is 10.6. The maximum atomic E-state index is 6.17. The zero-order valence-electron chi connectivity index (χ0n) is 9.39. The minimum Gasteiger partial charge on any atom is -0.253 e. The van der Waals surface area contributed by atoms with Crippen LogP contribution in [0.1, 0.15) is 11.3 Å². The van der Waals surface area contributed by atoms with Gasteiger partial charge in [0, 0.05) is 16.3 Å². The Morgan fingerprint density at radius 1 is 0.882 bits per heavy atom. The molecule has 88 valence electrons. The highest BCUT2D eigenvalue weighted by Gasteiger charge is 2.12. The topological polar surface area (TPSA) is 12.9 Å². The van der Waals surface area contributed by atoms with E-state index in [0.717, 1.165) is 22.5 Å². The van der Waals surface area contributed by atoms with Crippen molar-refractivity contribution in [2.45, 2.75) is 13.8 Å². The van der Waals surface area contributed by atoms with Crippen molar-refractivity contribution < 1.29 is 0 Å². The third-order valence-corrected chi connectivity index (χ3v) is 3.18. The minimum atomic E-state index is 0.514. The van der Waals surface area contributed by atoms with E-state index in [-0.39, 0.29) is 0 Å². The summed E-state index contributed by atoms with van der Waals surface area (Å²) >= 11 is 18.2. The fraction of sp³-hybridized carbons (Fsp3) is 0.154. The van der Waals surface area contributed by atoms with Crippen molar-refractivity contribution in [3.63, 3.8) is 0 Å². The molecule has 0 saturated heterocycles. The molecule has 0 amide bonds. The molecule has 1 aromatic heterocycles. The second-order valence-corrected chi connectivity index (χ2v) is 5.17. The first-order valence-electron chi connectivity index (χ1n) is 5.07. The van der Waals surface area contributed by atoms with Crippen LogP contribution < -0.4 is 0 Å². The van der Waals surface area contributed by atoms with Gasteiger partial charge in [0.2, 0.25) is 0 Å². The average Bonchev–Trinajstić information content (AvgIpc) is 2.13. The Morgan fingerprint density at radius 3 is 2.00 bits per heavy atom. The summed E-state index contributed by atoms with van der Waals surface area (Å²) in [7, 11) is 0. The van der Waals surface area contributed by atoms with E-state index in [0.29, 0.717) is 15.1 Å². The second kappa shape index (κ2) is 4.85. The highest BCUT2D eigenvalue weighted by Crippen LogP contribution is 2.36. The number of rotatable bonds is 1. The third-order valence-electron chi connectivity index (χ3n) is 2.36. The van der Waals surface area contributed by atoms with Crippen LogP contribution in [0.25, 0.3) is 11.3 Å². The molecule has 0 aliphatic rings. The van der Waals surface area contributed by atoms with E-state index < -0.39 is 0 Å². The lowest BCUT2D eigenvalue weighted by Gasteiger charge is -2.09. The molecule has 0 spiro atoms. The van der Waals surface area contributed by atoms with Gasteiger partial charge in [-0.15, -0.1) is 0 Å². The van der Waals surface area contributed by atoms with Crippen molar-refractivity contribution in [3.8, 4) is 11.3 Å². The Bertz CT molecular complexity index is 536. The first-order chi connectivity index (χ1) is 7.97. The molecule has 17 heavy (non-hydrogen) atoms. The van der Waals surface area contributed by atoms with Gasteiger partial charge >= 0.3 is 0 Å². The smallest absolute Gasteiger partial charge is 0.0737 e. The number of halogens is 3. The molecule has 1 aromatic carbocycles. The number of aromatic nitrogens is 1. The number of hydrogen-bond acceptors (Lipinski definition) is 1. The number of nitrogens with zero attached hydrogens (tertiary/aromatic N) is 1. The van der Waals surface area contributed by atoms with Crippen LogP contribution in [0.3, 0.4) is 0 Å². The van der Waals surface area contributed by atoms with Crippen molar-refractivity contribution >= 4 is 34.8 Å². The Hall–Kier alpha value is -0.760. The Balaban J connectivity index is 2.68. The van der Waals surface area contributed by atoms with Gasteiger partial charge in [-0.25, -0.2) is 0 Å². The van der Waals surface area contributed by atoms with Crippen LogP contribution in [0.15, 0.2) is 24.3 Å². The number of hydrogen-bond donors (Lipinski definition) is 0. The van der Waals surface area contributed by atoms with Gasteiger partial charge in [-0.05, 0) is 43.7 Å². The van der Waals surface area contributed by atoms with Crippen LogP contribution in [-0.2, 0) is 0 Å². The standard InChI is InChI=1S/C13H10Cl3N/c1-7-3-8(2)17-12(4-7)13-10(15)5-9(14)6-11(13)16/h3-6H,1-2H3. The van der Waals surface area contributed by atoms with Gasteiger partial charge in [-0.3, -0.25) is 4.98 Å². The van der Waals surface area contributed by atoms with Gasteiger partial charge in [-0.1, -0.05) is 34.8 Å². The summed E-state index contributed by atoms with van der Waals surface area (Å²) in [6.07, 6.45) is 0. The summed E-state index contributed by atoms with van der Waals surface area (Å²) in [6.45, 7) is 3.95. The van der Waals surface area contributed by atoms with Crippen molar-refractivity contribution in [3.05, 3.63) is 50.6 Å². The molecule has 2 rings (SSSR count). The van der Waals surface area contributed by atoms with Gasteiger partial charge in [0.25, 0.3) is 0 Å². The average molecular weight is 287 g/mol. The second-order valence-electron chi connectivity index (χ2n) is 3.92. The molecule has 0 saturated carbocycles. The summed E-state index contributed by atoms with van der Waals surface area (Å²) in [5.74, 6) is 0. The fourth-order valence-corrected chi connectivity index (χ4v) is 2.77. The summed E-state index contributed by atoms with van der Waals surface area (Å²) in [6, 6.07) is 7.29. The van der Waals surface area contributed by atoms with Gasteiger partial charge < -0.3 is 0 Å². The zero-order valence-corrected chi connectivity index (χ0v) is 11.7. The maximum Gasteiger partial charge on any atom is 0.0737 e. The van der Waals surface area contributed by atoms with E-state index >= 15 is 0 Å². The molecule has 0 bridgehead atoms. The Kier molecular flexibility index (Phi) is 3.62. The van der Waals surface area contributed by atoms with Gasteiger partial charge in [0.05, 0.1) is 15.7 Å². The Morgan fingerprint density at radius 2 is 1.47 bits per heavy atom. The summed E-state index contributed by atoms with van der Waals surface area (Å²) in [5.41, 5.74) is 3.55. The van der Waals surface area contributed by atoms with Gasteiger partial charge in [0.1, 0.15) is 0 Å². The third kappa shape index (κ3) is 2.74. The SMILES string of the molecule is Cc1cc(C)nc(-c2c(Cl)cc(Cl)cc2Cl)c1. The molecular weight excluding hydrogens is 277 g/mol. The van der Waals surface area contributed by atoms with Crippen LogP contribution in [0.2, 0.25) is 15.1 Å². The highest BCUT2D eigenvalue weighted by atomic mass is 35.5. The number of pyridine rings is 1. The monoisotopic (exact) mass is 285 g/mol. The fourth-order valence-electron chi connectivity index (χ4n) is 1.76. The molecule has 0 atom stereocenters. The molecule has 2 aromatic rings. The zero-order chi connectivity index (χ0) is 12.6. The molecule has 0 N–H and O–H groups in total. The Labute approximate surface area is 115 Å². The van der Waals surface area contributed by atoms with E-state index in [9.17, 15) is 0 Å². The summed E-state index contributed by atoms with van der Waals surface area (Å²) < 4.78 is 0. The lowest BCUT2D eigenvalue weighted by molar-refractivity contribution is 1.18. The highest BCUT2D eigenvalue weighted by molar-refractivity contribution is 6.41. The first kappa shape index (κ1) is 12.7. The molecule has 0 radical (unpaired) electrons. The van der Waals surface area contributed by atoms with Crippen LogP contribution in [0.5, 0.6) is 0 Å². The van der Waals surface area contributed by atoms with Crippen molar-refractivity contribution in [1.82, 2.24) is 4.98 Å². The van der Waals surface area contributed by atoms with Crippen molar-refractivity contribution in [1.29, 1.82) is 0 Å². The largest absolute Gasteiger partial charge is 0.253 e. The summed E-state index contributed by atoms with van der Waals surface area (Å²) in [5, 5.41) is 1.55. The molecule has 1 heterocycles. The van der Waals surface area contributed by atoms with E-state index in [2.05, 4.69) is 4.98 Å². The van der Waals surface area contributed by atoms with Crippen LogP contribution >= 0.6 is 34.8 Å². The van der Waals surface area contributed by atoms with Gasteiger partial charge in [0.15, 0.2) is 0 Å². The first-order valence-corrected chi connectivity index (χ1v) is 6.21. The van der Waals surface area contributed by atoms with Crippen molar-refractivity contribution in [2.75, 3.05) is 0 Å². The molecular formula is C13H10Cl3N. The van der Waals surface area contributed by atoms with E-state index in [1.807, 2.05) is 26.0 Å². The van der Waals surface area contributed by atoms with E-state index in [4.69, 9.17) is 34.8 Å². The summed E-state index contributed by atoms with van der Waals surface area (Å²) in [4.78, 5) is 4.44. The number of benzene rings is 1. The maximum absolute atomic E-state index is 6.17. The molecule has 4 heteroatoms.